The van der Waals surface area contributed by atoms with Crippen molar-refractivity contribution < 1.29 is 64.3 Å². The molecule has 0 saturated carbocycles. The average Bonchev–Trinajstić information content (AvgIpc) is 2.02. The molecule has 15 heavy (non-hydrogen) atoms. The Hall–Kier alpha value is 0.451. The van der Waals surface area contributed by atoms with Gasteiger partial charge in [-0.1, -0.05) is 35.9 Å². The second kappa shape index (κ2) is 6.25. The summed E-state index contributed by atoms with van der Waals surface area (Å²) < 4.78 is 36.7. The molecule has 0 nitrogen and oxygen atoms in total. The molecule has 0 aliphatic carbocycles. The van der Waals surface area contributed by atoms with Gasteiger partial charge in [0.05, 0.1) is 0 Å². The van der Waals surface area contributed by atoms with Crippen molar-refractivity contribution in [2.24, 2.45) is 0 Å². The molecule has 0 saturated heterocycles. The van der Waals surface area contributed by atoms with Crippen molar-refractivity contribution in [3.05, 3.63) is 35.4 Å². The van der Waals surface area contributed by atoms with Crippen molar-refractivity contribution in [1.29, 1.82) is 0 Å². The van der Waals surface area contributed by atoms with Gasteiger partial charge in [0, 0.05) is 0 Å². The summed E-state index contributed by atoms with van der Waals surface area (Å²) in [5.41, 5.74) is 1.32. The van der Waals surface area contributed by atoms with Gasteiger partial charge in [-0.15, -0.1) is 5.46 Å². The average molecular weight is 238 g/mol. The summed E-state index contributed by atoms with van der Waals surface area (Å²) >= 11 is 0. The topological polar surface area (TPSA) is 0 Å². The van der Waals surface area contributed by atoms with E-state index in [0.29, 0.717) is 0 Å². The number of rotatable bonds is 2. The van der Waals surface area contributed by atoms with Crippen LogP contribution in [0.15, 0.2) is 29.8 Å². The Morgan fingerprint density at radius 2 is 1.53 bits per heavy atom. The fourth-order valence-corrected chi connectivity index (χ4v) is 1.14. The van der Waals surface area contributed by atoms with Crippen LogP contribution < -0.4 is 56.8 Å². The van der Waals surface area contributed by atoms with E-state index in [9.17, 15) is 12.9 Å². The van der Waals surface area contributed by atoms with Gasteiger partial charge in [0.25, 0.3) is 0 Å². The third-order valence-electron chi connectivity index (χ3n) is 1.77. The van der Waals surface area contributed by atoms with Crippen LogP contribution in [-0.2, 0) is 0 Å². The van der Waals surface area contributed by atoms with E-state index < -0.39 is 12.4 Å². The fourth-order valence-electron chi connectivity index (χ4n) is 1.14. The van der Waals surface area contributed by atoms with Crippen LogP contribution in [0.4, 0.5) is 12.9 Å². The standard InChI is InChI=1S/C10H11BF3.K/c1-8(2)7-9-3-5-10(6-4-9)11(12,13)14;/h3-7H,1-2H3;/q-1;+1. The Bertz CT molecular complexity index is 337. The van der Waals surface area contributed by atoms with E-state index in [0.717, 1.165) is 23.3 Å². The third-order valence-corrected chi connectivity index (χ3v) is 1.77. The summed E-state index contributed by atoms with van der Waals surface area (Å²) in [6.45, 7) is -1.05. The first kappa shape index (κ1) is 15.5. The molecule has 0 amide bonds. The van der Waals surface area contributed by atoms with E-state index in [4.69, 9.17) is 0 Å². The number of hydrogen-bond donors (Lipinski definition) is 0. The maximum Gasteiger partial charge on any atom is 1.00 e. The van der Waals surface area contributed by atoms with Crippen LogP contribution in [-0.4, -0.2) is 6.98 Å². The van der Waals surface area contributed by atoms with Crippen LogP contribution in [0.1, 0.15) is 19.4 Å². The minimum atomic E-state index is -4.86. The maximum atomic E-state index is 12.2. The van der Waals surface area contributed by atoms with Crippen LogP contribution in [0.2, 0.25) is 0 Å². The van der Waals surface area contributed by atoms with Crippen molar-refractivity contribution in [3.8, 4) is 0 Å². The maximum absolute atomic E-state index is 12.2. The van der Waals surface area contributed by atoms with E-state index in [1.807, 2.05) is 19.9 Å². The second-order valence-corrected chi connectivity index (χ2v) is 3.46. The minimum Gasteiger partial charge on any atom is -0.445 e. The predicted molar refractivity (Wildman–Crippen MR) is 54.5 cm³/mol. The molecule has 0 radical (unpaired) electrons. The number of benzene rings is 1. The zero-order valence-corrected chi connectivity index (χ0v) is 12.2. The fraction of sp³-hybridized carbons (Fsp3) is 0.200. The van der Waals surface area contributed by atoms with E-state index in [1.165, 1.54) is 12.1 Å². The van der Waals surface area contributed by atoms with Gasteiger partial charge in [-0.05, 0) is 19.4 Å². The summed E-state index contributed by atoms with van der Waals surface area (Å²) in [4.78, 5) is 0. The molecule has 1 rings (SSSR count). The molecule has 0 aromatic heterocycles. The zero-order chi connectivity index (χ0) is 10.8. The van der Waals surface area contributed by atoms with Crippen molar-refractivity contribution in [1.82, 2.24) is 0 Å². The Kier molecular flexibility index (Phi) is 6.44. The van der Waals surface area contributed by atoms with Crippen molar-refractivity contribution in [2.75, 3.05) is 0 Å². The third kappa shape index (κ3) is 5.36. The molecule has 5 heteroatoms. The van der Waals surface area contributed by atoms with Gasteiger partial charge >= 0.3 is 58.4 Å². The van der Waals surface area contributed by atoms with Crippen LogP contribution in [0.25, 0.3) is 6.08 Å². The van der Waals surface area contributed by atoms with Crippen LogP contribution in [0.3, 0.4) is 0 Å². The number of hydrogen-bond acceptors (Lipinski definition) is 0. The van der Waals surface area contributed by atoms with E-state index in [-0.39, 0.29) is 51.4 Å². The Morgan fingerprint density at radius 3 is 1.87 bits per heavy atom. The van der Waals surface area contributed by atoms with Gasteiger partial charge in [-0.3, -0.25) is 0 Å². The summed E-state index contributed by atoms with van der Waals surface area (Å²) in [7, 11) is 0. The first-order valence-electron chi connectivity index (χ1n) is 4.34. The molecule has 1 aromatic carbocycles. The van der Waals surface area contributed by atoms with Gasteiger partial charge in [-0.25, -0.2) is 0 Å². The molecule has 0 atom stereocenters. The molecule has 0 aliphatic rings. The Labute approximate surface area is 130 Å². The van der Waals surface area contributed by atoms with Crippen LogP contribution >= 0.6 is 0 Å². The van der Waals surface area contributed by atoms with Crippen LogP contribution in [0, 0.1) is 0 Å². The molecular weight excluding hydrogens is 227 g/mol. The summed E-state index contributed by atoms with van der Waals surface area (Å²) in [5.74, 6) is 0. The number of allylic oxidation sites excluding steroid dienone is 1. The molecule has 76 valence electrons. The van der Waals surface area contributed by atoms with E-state index in [2.05, 4.69) is 0 Å². The van der Waals surface area contributed by atoms with Crippen molar-refractivity contribution in [2.45, 2.75) is 13.8 Å². The van der Waals surface area contributed by atoms with Gasteiger partial charge in [0.2, 0.25) is 0 Å². The first-order valence-corrected chi connectivity index (χ1v) is 4.34. The normalized spacial score (nSPS) is 10.5. The summed E-state index contributed by atoms with van der Waals surface area (Å²) in [6.07, 6.45) is 1.84. The molecular formula is C10H11BF3K. The van der Waals surface area contributed by atoms with Crippen molar-refractivity contribution >= 4 is 18.5 Å². The Morgan fingerprint density at radius 1 is 1.07 bits per heavy atom. The minimum absolute atomic E-state index is 0. The molecule has 1 aromatic rings. The van der Waals surface area contributed by atoms with E-state index in [1.54, 1.807) is 0 Å². The Balaban J connectivity index is 0.00000196. The summed E-state index contributed by atoms with van der Waals surface area (Å²) in [5, 5.41) is 0. The van der Waals surface area contributed by atoms with Gasteiger partial charge < -0.3 is 12.9 Å². The van der Waals surface area contributed by atoms with Gasteiger partial charge in [0.1, 0.15) is 0 Å². The van der Waals surface area contributed by atoms with Gasteiger partial charge in [0.15, 0.2) is 0 Å². The second-order valence-electron chi connectivity index (χ2n) is 3.46. The molecule has 0 aliphatic heterocycles. The molecule has 0 heterocycles. The SMILES string of the molecule is CC(C)=Cc1ccc([B-](F)(F)F)cc1.[K+]. The van der Waals surface area contributed by atoms with E-state index >= 15 is 0 Å². The molecule has 0 unspecified atom stereocenters. The number of halogens is 3. The monoisotopic (exact) mass is 238 g/mol. The molecule has 0 fully saturated rings. The largest absolute Gasteiger partial charge is 1.00 e. The zero-order valence-electron chi connectivity index (χ0n) is 9.10. The molecule has 0 bridgehead atoms. The van der Waals surface area contributed by atoms with Crippen molar-refractivity contribution in [3.63, 3.8) is 0 Å². The molecule has 0 spiro atoms. The van der Waals surface area contributed by atoms with Gasteiger partial charge in [-0.2, -0.15) is 0 Å². The predicted octanol–water partition coefficient (Wildman–Crippen LogP) is 0.168. The quantitative estimate of drug-likeness (QED) is 0.644. The summed E-state index contributed by atoms with van der Waals surface area (Å²) in [6, 6.07) is 5.21. The first-order chi connectivity index (χ1) is 6.39. The van der Waals surface area contributed by atoms with Crippen LogP contribution in [0.5, 0.6) is 0 Å². The molecule has 0 N–H and O–H groups in total. The smallest absolute Gasteiger partial charge is 0.445 e.